The molecule has 0 bridgehead atoms. The van der Waals surface area contributed by atoms with Crippen molar-refractivity contribution in [2.24, 2.45) is 0 Å². The van der Waals surface area contributed by atoms with E-state index in [2.05, 4.69) is 5.32 Å². The Kier molecular flexibility index (Phi) is 7.36. The number of rotatable bonds is 7. The summed E-state index contributed by atoms with van der Waals surface area (Å²) in [4.78, 5) is 26.9. The Morgan fingerprint density at radius 3 is 2.33 bits per heavy atom. The number of halogens is 2. The Hall–Kier alpha value is -2.40. The van der Waals surface area contributed by atoms with Crippen LogP contribution in [-0.4, -0.2) is 28.8 Å². The average Bonchev–Trinajstić information content (AvgIpc) is 2.62. The van der Waals surface area contributed by atoms with Crippen LogP contribution in [0, 0.1) is 5.82 Å². The molecule has 27 heavy (non-hydrogen) atoms. The van der Waals surface area contributed by atoms with Crippen LogP contribution in [0.2, 0.25) is 5.02 Å². The molecular weight excluding hydrogens is 367 g/mol. The summed E-state index contributed by atoms with van der Waals surface area (Å²) in [7, 11) is 0. The van der Waals surface area contributed by atoms with Crippen LogP contribution in [-0.2, 0) is 22.6 Å². The quantitative estimate of drug-likeness (QED) is 0.777. The lowest BCUT2D eigenvalue weighted by Gasteiger charge is -2.29. The molecule has 0 aliphatic heterocycles. The Labute approximate surface area is 164 Å². The monoisotopic (exact) mass is 390 g/mol. The zero-order valence-corrected chi connectivity index (χ0v) is 16.5. The summed E-state index contributed by atoms with van der Waals surface area (Å²) < 4.78 is 14.1. The van der Waals surface area contributed by atoms with Gasteiger partial charge in [0, 0.05) is 23.2 Å². The van der Waals surface area contributed by atoms with Crippen molar-refractivity contribution in [3.63, 3.8) is 0 Å². The fraction of sp³-hybridized carbons (Fsp3) is 0.333. The van der Waals surface area contributed by atoms with Crippen molar-refractivity contribution in [3.05, 3.63) is 70.5 Å². The highest BCUT2D eigenvalue weighted by Crippen LogP contribution is 2.21. The summed E-state index contributed by atoms with van der Waals surface area (Å²) in [6.45, 7) is 5.63. The van der Waals surface area contributed by atoms with E-state index in [0.717, 1.165) is 5.56 Å². The highest BCUT2D eigenvalue weighted by Gasteiger charge is 2.27. The molecule has 0 heterocycles. The Morgan fingerprint density at radius 1 is 1.07 bits per heavy atom. The Morgan fingerprint density at radius 2 is 1.74 bits per heavy atom. The maximum atomic E-state index is 14.1. The van der Waals surface area contributed by atoms with Crippen molar-refractivity contribution in [3.8, 4) is 0 Å². The average molecular weight is 391 g/mol. The van der Waals surface area contributed by atoms with E-state index < -0.39 is 11.9 Å². The molecule has 6 heteroatoms. The number of carbonyl (C=O) groups excluding carboxylic acids is 2. The fourth-order valence-electron chi connectivity index (χ4n) is 2.72. The molecule has 2 aromatic carbocycles. The van der Waals surface area contributed by atoms with Crippen molar-refractivity contribution in [2.75, 3.05) is 0 Å². The van der Waals surface area contributed by atoms with Crippen LogP contribution in [0.3, 0.4) is 0 Å². The largest absolute Gasteiger partial charge is 0.352 e. The molecule has 0 aliphatic carbocycles. The van der Waals surface area contributed by atoms with E-state index in [1.54, 1.807) is 13.0 Å². The summed E-state index contributed by atoms with van der Waals surface area (Å²) in [6, 6.07) is 12.9. The first kappa shape index (κ1) is 20.9. The molecule has 0 aliphatic rings. The SMILES string of the molecule is CC(C)NC(=O)C(C)N(Cc1ccccc1)C(=O)Cc1c(F)cccc1Cl. The van der Waals surface area contributed by atoms with Crippen molar-refractivity contribution in [1.82, 2.24) is 10.2 Å². The van der Waals surface area contributed by atoms with Gasteiger partial charge in [0.15, 0.2) is 0 Å². The van der Waals surface area contributed by atoms with Crippen LogP contribution in [0.25, 0.3) is 0 Å². The van der Waals surface area contributed by atoms with Crippen LogP contribution in [0.15, 0.2) is 48.5 Å². The van der Waals surface area contributed by atoms with Gasteiger partial charge >= 0.3 is 0 Å². The lowest BCUT2D eigenvalue weighted by Crippen LogP contribution is -2.49. The number of benzene rings is 2. The van der Waals surface area contributed by atoms with Crippen LogP contribution in [0.1, 0.15) is 31.9 Å². The predicted octanol–water partition coefficient (Wildman–Crippen LogP) is 3.96. The molecular formula is C21H24ClFN2O2. The minimum absolute atomic E-state index is 0.0466. The molecule has 1 unspecified atom stereocenters. The van der Waals surface area contributed by atoms with Crippen molar-refractivity contribution in [1.29, 1.82) is 0 Å². The first-order valence-corrected chi connectivity index (χ1v) is 9.24. The third-order valence-corrected chi connectivity index (χ3v) is 4.54. The number of carbonyl (C=O) groups is 2. The van der Waals surface area contributed by atoms with Crippen molar-refractivity contribution < 1.29 is 14.0 Å². The summed E-state index contributed by atoms with van der Waals surface area (Å²) in [6.07, 6.45) is -0.211. The molecule has 2 aromatic rings. The second-order valence-corrected chi connectivity index (χ2v) is 7.13. The van der Waals surface area contributed by atoms with Gasteiger partial charge in [0.1, 0.15) is 11.9 Å². The standard InChI is InChI=1S/C21H24ClFN2O2/c1-14(2)24-21(27)15(3)25(13-16-8-5-4-6-9-16)20(26)12-17-18(22)10-7-11-19(17)23/h4-11,14-15H,12-13H2,1-3H3,(H,24,27). The molecule has 0 fully saturated rings. The molecule has 0 saturated carbocycles. The number of hydrogen-bond donors (Lipinski definition) is 1. The highest BCUT2D eigenvalue weighted by molar-refractivity contribution is 6.31. The van der Waals surface area contributed by atoms with Gasteiger partial charge in [0.2, 0.25) is 11.8 Å². The molecule has 0 radical (unpaired) electrons. The molecule has 144 valence electrons. The molecule has 2 rings (SSSR count). The van der Waals surface area contributed by atoms with Gasteiger partial charge < -0.3 is 10.2 Å². The van der Waals surface area contributed by atoms with Crippen molar-refractivity contribution >= 4 is 23.4 Å². The van der Waals surface area contributed by atoms with Gasteiger partial charge in [-0.25, -0.2) is 4.39 Å². The van der Waals surface area contributed by atoms with Crippen molar-refractivity contribution in [2.45, 2.75) is 45.8 Å². The lowest BCUT2D eigenvalue weighted by molar-refractivity contribution is -0.140. The summed E-state index contributed by atoms with van der Waals surface area (Å²) in [5.41, 5.74) is 1.02. The predicted molar refractivity (Wildman–Crippen MR) is 105 cm³/mol. The molecule has 1 N–H and O–H groups in total. The van der Waals surface area contributed by atoms with Gasteiger partial charge in [-0.3, -0.25) is 9.59 Å². The smallest absolute Gasteiger partial charge is 0.242 e. The molecule has 4 nitrogen and oxygen atoms in total. The van der Waals surface area contributed by atoms with E-state index >= 15 is 0 Å². The number of nitrogens with zero attached hydrogens (tertiary/aromatic N) is 1. The maximum Gasteiger partial charge on any atom is 0.242 e. The van der Waals surface area contributed by atoms with E-state index in [4.69, 9.17) is 11.6 Å². The maximum absolute atomic E-state index is 14.1. The third kappa shape index (κ3) is 5.79. The van der Waals surface area contributed by atoms with Gasteiger partial charge in [-0.15, -0.1) is 0 Å². The van der Waals surface area contributed by atoms with Crippen LogP contribution < -0.4 is 5.32 Å². The topological polar surface area (TPSA) is 49.4 Å². The van der Waals surface area contributed by atoms with Gasteiger partial charge in [-0.05, 0) is 38.5 Å². The molecule has 2 amide bonds. The summed E-state index contributed by atoms with van der Waals surface area (Å²) in [5, 5.41) is 3.01. The molecule has 0 aromatic heterocycles. The first-order chi connectivity index (χ1) is 12.8. The van der Waals surface area contributed by atoms with Gasteiger partial charge in [-0.2, -0.15) is 0 Å². The zero-order valence-electron chi connectivity index (χ0n) is 15.7. The van der Waals surface area contributed by atoms with Gasteiger partial charge in [-0.1, -0.05) is 48.0 Å². The van der Waals surface area contributed by atoms with Gasteiger partial charge in [0.05, 0.1) is 6.42 Å². The zero-order chi connectivity index (χ0) is 20.0. The van der Waals surface area contributed by atoms with Crippen LogP contribution >= 0.6 is 11.6 Å². The second kappa shape index (κ2) is 9.51. The molecule has 0 spiro atoms. The normalized spacial score (nSPS) is 11.9. The van der Waals surface area contributed by atoms with Crippen LogP contribution in [0.5, 0.6) is 0 Å². The summed E-state index contributed by atoms with van der Waals surface area (Å²) >= 11 is 6.06. The van der Waals surface area contributed by atoms with E-state index in [1.165, 1.54) is 17.0 Å². The van der Waals surface area contributed by atoms with E-state index in [-0.39, 0.29) is 41.4 Å². The van der Waals surface area contributed by atoms with E-state index in [1.807, 2.05) is 44.2 Å². The lowest BCUT2D eigenvalue weighted by atomic mass is 10.1. The number of hydrogen-bond acceptors (Lipinski definition) is 2. The van der Waals surface area contributed by atoms with E-state index in [0.29, 0.717) is 0 Å². The Balaban J connectivity index is 2.27. The molecule has 0 saturated heterocycles. The molecule has 1 atom stereocenters. The Bertz CT molecular complexity index is 776. The van der Waals surface area contributed by atoms with Crippen LogP contribution in [0.4, 0.5) is 4.39 Å². The summed E-state index contributed by atoms with van der Waals surface area (Å²) in [5.74, 6) is -1.15. The third-order valence-electron chi connectivity index (χ3n) is 4.18. The second-order valence-electron chi connectivity index (χ2n) is 6.72. The number of nitrogens with one attached hydrogen (secondary N) is 1. The first-order valence-electron chi connectivity index (χ1n) is 8.86. The minimum atomic E-state index is -0.703. The minimum Gasteiger partial charge on any atom is -0.352 e. The number of amides is 2. The van der Waals surface area contributed by atoms with Gasteiger partial charge in [0.25, 0.3) is 0 Å². The highest BCUT2D eigenvalue weighted by atomic mass is 35.5. The fourth-order valence-corrected chi connectivity index (χ4v) is 2.95. The van der Waals surface area contributed by atoms with E-state index in [9.17, 15) is 14.0 Å².